The molecule has 0 aromatic heterocycles. The number of anilines is 1. The number of carbonyl (C=O) groups excluding carboxylic acids is 1. The van der Waals surface area contributed by atoms with Crippen LogP contribution in [0.2, 0.25) is 10.0 Å². The maximum atomic E-state index is 12.1. The first kappa shape index (κ1) is 18.3. The van der Waals surface area contributed by atoms with Gasteiger partial charge in [-0.05, 0) is 36.2 Å². The van der Waals surface area contributed by atoms with Gasteiger partial charge in [0.25, 0.3) is 0 Å². The molecule has 0 fully saturated rings. The van der Waals surface area contributed by atoms with E-state index in [4.69, 9.17) is 23.2 Å². The largest absolute Gasteiger partial charge is 0.324 e. The average Bonchev–Trinajstić information content (AvgIpc) is 2.54. The van der Waals surface area contributed by atoms with Gasteiger partial charge in [-0.2, -0.15) is 0 Å². The van der Waals surface area contributed by atoms with Crippen molar-refractivity contribution in [3.63, 3.8) is 0 Å². The van der Waals surface area contributed by atoms with Gasteiger partial charge in [-0.25, -0.2) is 0 Å². The summed E-state index contributed by atoms with van der Waals surface area (Å²) in [6.07, 6.45) is 0.882. The van der Waals surface area contributed by atoms with Crippen LogP contribution in [0.5, 0.6) is 0 Å². The predicted octanol–water partition coefficient (Wildman–Crippen LogP) is 5.44. The average molecular weight is 416 g/mol. The van der Waals surface area contributed by atoms with Crippen LogP contribution in [0, 0.1) is 0 Å². The molecule has 2 aromatic carbocycles. The quantitative estimate of drug-likeness (QED) is 0.659. The summed E-state index contributed by atoms with van der Waals surface area (Å²) < 4.78 is 1.03. The van der Waals surface area contributed by atoms with E-state index < -0.39 is 0 Å². The van der Waals surface area contributed by atoms with Gasteiger partial charge < -0.3 is 10.6 Å². The Morgan fingerprint density at radius 1 is 1.17 bits per heavy atom. The molecule has 2 N–H and O–H groups in total. The van der Waals surface area contributed by atoms with Gasteiger partial charge in [0.1, 0.15) is 0 Å². The van der Waals surface area contributed by atoms with Crippen LogP contribution in [0.3, 0.4) is 0 Å². The molecule has 0 saturated heterocycles. The lowest BCUT2D eigenvalue weighted by atomic mass is 10.0. The molecule has 122 valence electrons. The van der Waals surface area contributed by atoms with E-state index in [2.05, 4.69) is 33.5 Å². The van der Waals surface area contributed by atoms with Gasteiger partial charge in [-0.1, -0.05) is 64.3 Å². The normalized spacial score (nSPS) is 12.0. The molecule has 0 spiro atoms. The minimum atomic E-state index is -0.162. The lowest BCUT2D eigenvalue weighted by Crippen LogP contribution is -2.31. The van der Waals surface area contributed by atoms with E-state index in [0.717, 1.165) is 16.5 Å². The molecule has 0 saturated carbocycles. The molecule has 0 aliphatic heterocycles. The van der Waals surface area contributed by atoms with E-state index >= 15 is 0 Å². The zero-order valence-electron chi connectivity index (χ0n) is 12.6. The van der Waals surface area contributed by atoms with Crippen LogP contribution in [0.1, 0.15) is 24.9 Å². The van der Waals surface area contributed by atoms with Gasteiger partial charge in [0.15, 0.2) is 0 Å². The Balaban J connectivity index is 1.94. The number of amides is 1. The monoisotopic (exact) mass is 414 g/mol. The smallest absolute Gasteiger partial charge is 0.238 e. The molecule has 0 aliphatic rings. The summed E-state index contributed by atoms with van der Waals surface area (Å²) in [5.41, 5.74) is 1.66. The van der Waals surface area contributed by atoms with E-state index in [9.17, 15) is 4.79 Å². The zero-order chi connectivity index (χ0) is 16.8. The Morgan fingerprint density at radius 3 is 2.52 bits per heavy atom. The van der Waals surface area contributed by atoms with Crippen molar-refractivity contribution >= 4 is 50.7 Å². The Kier molecular flexibility index (Phi) is 6.90. The van der Waals surface area contributed by atoms with Crippen molar-refractivity contribution < 1.29 is 4.79 Å². The highest BCUT2D eigenvalue weighted by atomic mass is 79.9. The van der Waals surface area contributed by atoms with Crippen LogP contribution in [-0.4, -0.2) is 12.5 Å². The first-order valence-electron chi connectivity index (χ1n) is 7.24. The van der Waals surface area contributed by atoms with Crippen LogP contribution in [0.4, 0.5) is 5.69 Å². The fraction of sp³-hybridized carbons (Fsp3) is 0.235. The summed E-state index contributed by atoms with van der Waals surface area (Å²) in [6.45, 7) is 2.27. The molecule has 3 nitrogen and oxygen atoms in total. The molecule has 2 rings (SSSR count). The predicted molar refractivity (Wildman–Crippen MR) is 100 cm³/mol. The van der Waals surface area contributed by atoms with E-state index in [1.807, 2.05) is 24.3 Å². The zero-order valence-corrected chi connectivity index (χ0v) is 15.7. The molecule has 0 heterocycles. The SMILES string of the molecule is CC[C@@H](NCC(=O)Nc1cccc(Cl)c1Cl)c1ccc(Br)cc1. The maximum absolute atomic E-state index is 12.1. The minimum Gasteiger partial charge on any atom is -0.324 e. The van der Waals surface area contributed by atoms with Crippen LogP contribution in [0.15, 0.2) is 46.9 Å². The van der Waals surface area contributed by atoms with Gasteiger partial charge in [0.05, 0.1) is 22.3 Å². The van der Waals surface area contributed by atoms with Crippen molar-refractivity contribution in [2.75, 3.05) is 11.9 Å². The Labute approximate surface area is 154 Å². The number of halogens is 3. The Hall–Kier alpha value is -1.07. The molecule has 2 aromatic rings. The lowest BCUT2D eigenvalue weighted by Gasteiger charge is -2.17. The molecular weight excluding hydrogens is 399 g/mol. The van der Waals surface area contributed by atoms with Gasteiger partial charge in [-0.15, -0.1) is 0 Å². The highest BCUT2D eigenvalue weighted by Gasteiger charge is 2.12. The topological polar surface area (TPSA) is 41.1 Å². The molecule has 0 bridgehead atoms. The van der Waals surface area contributed by atoms with E-state index in [0.29, 0.717) is 15.7 Å². The highest BCUT2D eigenvalue weighted by molar-refractivity contribution is 9.10. The van der Waals surface area contributed by atoms with Crippen LogP contribution in [0.25, 0.3) is 0 Å². The third kappa shape index (κ3) is 5.21. The number of carbonyl (C=O) groups is 1. The fourth-order valence-corrected chi connectivity index (χ4v) is 2.82. The summed E-state index contributed by atoms with van der Waals surface area (Å²) in [6, 6.07) is 13.3. The third-order valence-corrected chi connectivity index (χ3v) is 4.76. The number of hydrogen-bond acceptors (Lipinski definition) is 2. The minimum absolute atomic E-state index is 0.115. The fourth-order valence-electron chi connectivity index (χ4n) is 2.20. The van der Waals surface area contributed by atoms with Crippen molar-refractivity contribution in [1.82, 2.24) is 5.32 Å². The molecule has 23 heavy (non-hydrogen) atoms. The standard InChI is InChI=1S/C17H17BrCl2N2O/c1-2-14(11-6-8-12(18)9-7-11)21-10-16(23)22-15-5-3-4-13(19)17(15)20/h3-9,14,21H,2,10H2,1H3,(H,22,23)/t14-/m1/s1. The maximum Gasteiger partial charge on any atom is 0.238 e. The Bertz CT molecular complexity index is 677. The second-order valence-electron chi connectivity index (χ2n) is 5.04. The Morgan fingerprint density at radius 2 is 1.87 bits per heavy atom. The lowest BCUT2D eigenvalue weighted by molar-refractivity contribution is -0.115. The van der Waals surface area contributed by atoms with E-state index in [1.54, 1.807) is 18.2 Å². The van der Waals surface area contributed by atoms with Gasteiger partial charge in [0, 0.05) is 10.5 Å². The van der Waals surface area contributed by atoms with Crippen LogP contribution in [-0.2, 0) is 4.79 Å². The molecular formula is C17H17BrCl2N2O. The first-order valence-corrected chi connectivity index (χ1v) is 8.79. The number of benzene rings is 2. The molecule has 1 amide bonds. The summed E-state index contributed by atoms with van der Waals surface area (Å²) in [7, 11) is 0. The van der Waals surface area contributed by atoms with Crippen molar-refractivity contribution in [2.24, 2.45) is 0 Å². The second kappa shape index (κ2) is 8.69. The van der Waals surface area contributed by atoms with Gasteiger partial charge in [0.2, 0.25) is 5.91 Å². The van der Waals surface area contributed by atoms with Crippen molar-refractivity contribution in [3.05, 3.63) is 62.5 Å². The van der Waals surface area contributed by atoms with Crippen molar-refractivity contribution in [3.8, 4) is 0 Å². The molecule has 6 heteroatoms. The summed E-state index contributed by atoms with van der Waals surface area (Å²) in [4.78, 5) is 12.1. The van der Waals surface area contributed by atoms with E-state index in [1.165, 1.54) is 0 Å². The van der Waals surface area contributed by atoms with Gasteiger partial charge in [-0.3, -0.25) is 4.79 Å². The summed E-state index contributed by atoms with van der Waals surface area (Å²) >= 11 is 15.4. The van der Waals surface area contributed by atoms with Crippen LogP contribution >= 0.6 is 39.1 Å². The van der Waals surface area contributed by atoms with Crippen LogP contribution < -0.4 is 10.6 Å². The molecule has 1 atom stereocenters. The van der Waals surface area contributed by atoms with Gasteiger partial charge >= 0.3 is 0 Å². The highest BCUT2D eigenvalue weighted by Crippen LogP contribution is 2.29. The summed E-state index contributed by atoms with van der Waals surface area (Å²) in [5, 5.41) is 6.79. The number of nitrogens with one attached hydrogen (secondary N) is 2. The van der Waals surface area contributed by atoms with Crippen molar-refractivity contribution in [2.45, 2.75) is 19.4 Å². The molecule has 0 radical (unpaired) electrons. The first-order chi connectivity index (χ1) is 11.0. The second-order valence-corrected chi connectivity index (χ2v) is 6.74. The molecule has 0 unspecified atom stereocenters. The number of hydrogen-bond donors (Lipinski definition) is 2. The number of rotatable bonds is 6. The molecule has 0 aliphatic carbocycles. The van der Waals surface area contributed by atoms with E-state index in [-0.39, 0.29) is 18.5 Å². The third-order valence-electron chi connectivity index (χ3n) is 3.42. The van der Waals surface area contributed by atoms with Crippen molar-refractivity contribution in [1.29, 1.82) is 0 Å². The summed E-state index contributed by atoms with van der Waals surface area (Å²) in [5.74, 6) is -0.162.